The van der Waals surface area contributed by atoms with E-state index in [9.17, 15) is 4.79 Å². The van der Waals surface area contributed by atoms with Crippen LogP contribution >= 0.6 is 15.9 Å². The quantitative estimate of drug-likeness (QED) is 0.782. The van der Waals surface area contributed by atoms with Gasteiger partial charge in [-0.15, -0.1) is 0 Å². The van der Waals surface area contributed by atoms with Crippen LogP contribution in [0.2, 0.25) is 0 Å². The Bertz CT molecular complexity index is 191. The topological polar surface area (TPSA) is 40.5 Å². The number of alkyl halides is 1. The minimum Gasteiger partial charge on any atom is -0.395 e. The van der Waals surface area contributed by atoms with Gasteiger partial charge in [-0.3, -0.25) is 4.79 Å². The zero-order valence-electron chi connectivity index (χ0n) is 8.58. The van der Waals surface area contributed by atoms with Crippen LogP contribution in [0.25, 0.3) is 0 Å². The molecule has 0 aromatic carbocycles. The summed E-state index contributed by atoms with van der Waals surface area (Å²) in [7, 11) is 0. The first kappa shape index (κ1) is 12.0. The Morgan fingerprint density at radius 1 is 1.57 bits per heavy atom. The second-order valence-corrected chi connectivity index (χ2v) is 5.18. The number of rotatable bonds is 4. The molecule has 1 saturated carbocycles. The summed E-state index contributed by atoms with van der Waals surface area (Å²) in [6, 6.07) is 0.356. The van der Waals surface area contributed by atoms with E-state index < -0.39 is 0 Å². The highest BCUT2D eigenvalue weighted by atomic mass is 79.9. The predicted molar refractivity (Wildman–Crippen MR) is 59.4 cm³/mol. The van der Waals surface area contributed by atoms with Crippen molar-refractivity contribution in [3.05, 3.63) is 0 Å². The van der Waals surface area contributed by atoms with Gasteiger partial charge < -0.3 is 10.0 Å². The minimum atomic E-state index is -0.144. The Morgan fingerprint density at radius 2 is 2.14 bits per heavy atom. The molecule has 1 aliphatic rings. The number of amides is 1. The lowest BCUT2D eigenvalue weighted by molar-refractivity contribution is -0.133. The van der Waals surface area contributed by atoms with Crippen LogP contribution in [0.4, 0.5) is 0 Å². The van der Waals surface area contributed by atoms with Crippen LogP contribution in [-0.2, 0) is 4.79 Å². The third-order valence-electron chi connectivity index (χ3n) is 2.73. The molecule has 0 aliphatic heterocycles. The standard InChI is InChI=1S/C10H18BrNO2/c1-8(11)10(14)12(6-7-13)9-4-2-3-5-9/h8-9,13H,2-7H2,1H3. The normalized spacial score (nSPS) is 19.6. The average Bonchev–Trinajstić information content (AvgIpc) is 2.65. The molecule has 0 radical (unpaired) electrons. The lowest BCUT2D eigenvalue weighted by atomic mass is 10.2. The van der Waals surface area contributed by atoms with E-state index >= 15 is 0 Å². The molecular formula is C10H18BrNO2. The van der Waals surface area contributed by atoms with Gasteiger partial charge in [0.05, 0.1) is 11.4 Å². The Morgan fingerprint density at radius 3 is 2.57 bits per heavy atom. The molecule has 82 valence electrons. The third-order valence-corrected chi connectivity index (χ3v) is 3.12. The largest absolute Gasteiger partial charge is 0.395 e. The summed E-state index contributed by atoms with van der Waals surface area (Å²) < 4.78 is 0. The van der Waals surface area contributed by atoms with Crippen molar-refractivity contribution in [1.29, 1.82) is 0 Å². The zero-order valence-corrected chi connectivity index (χ0v) is 10.2. The molecule has 0 bridgehead atoms. The lowest BCUT2D eigenvalue weighted by Crippen LogP contribution is -2.43. The Balaban J connectivity index is 2.57. The van der Waals surface area contributed by atoms with Crippen LogP contribution in [0.3, 0.4) is 0 Å². The second kappa shape index (κ2) is 5.71. The van der Waals surface area contributed by atoms with Crippen LogP contribution in [0.1, 0.15) is 32.6 Å². The van der Waals surface area contributed by atoms with Crippen molar-refractivity contribution in [2.24, 2.45) is 0 Å². The monoisotopic (exact) mass is 263 g/mol. The smallest absolute Gasteiger partial charge is 0.236 e. The number of aliphatic hydroxyl groups is 1. The summed E-state index contributed by atoms with van der Waals surface area (Å²) in [6.45, 7) is 2.36. The summed E-state index contributed by atoms with van der Waals surface area (Å²) in [5, 5.41) is 8.92. The SMILES string of the molecule is CC(Br)C(=O)N(CCO)C1CCCC1. The molecule has 1 aliphatic carbocycles. The Hall–Kier alpha value is -0.0900. The number of carbonyl (C=O) groups is 1. The third kappa shape index (κ3) is 2.95. The second-order valence-electron chi connectivity index (χ2n) is 3.81. The Kier molecular flexibility index (Phi) is 4.89. The molecule has 1 amide bonds. The number of aliphatic hydroxyl groups excluding tert-OH is 1. The summed E-state index contributed by atoms with van der Waals surface area (Å²) in [5.41, 5.74) is 0. The van der Waals surface area contributed by atoms with Gasteiger partial charge in [0.15, 0.2) is 0 Å². The molecule has 1 rings (SSSR count). The van der Waals surface area contributed by atoms with Crippen LogP contribution in [0.5, 0.6) is 0 Å². The number of hydrogen-bond acceptors (Lipinski definition) is 2. The maximum Gasteiger partial charge on any atom is 0.236 e. The van der Waals surface area contributed by atoms with Crippen LogP contribution in [-0.4, -0.2) is 39.9 Å². The molecule has 0 spiro atoms. The molecule has 1 unspecified atom stereocenters. The maximum atomic E-state index is 11.8. The minimum absolute atomic E-state index is 0.0575. The van der Waals surface area contributed by atoms with E-state index in [4.69, 9.17) is 5.11 Å². The van der Waals surface area contributed by atoms with E-state index in [0.29, 0.717) is 12.6 Å². The molecule has 1 N–H and O–H groups in total. The van der Waals surface area contributed by atoms with Crippen molar-refractivity contribution in [3.63, 3.8) is 0 Å². The molecule has 1 fully saturated rings. The fourth-order valence-electron chi connectivity index (χ4n) is 2.02. The van der Waals surface area contributed by atoms with Crippen molar-refractivity contribution >= 4 is 21.8 Å². The molecule has 0 aromatic heterocycles. The number of nitrogens with zero attached hydrogens (tertiary/aromatic N) is 1. The van der Waals surface area contributed by atoms with Crippen molar-refractivity contribution in [2.45, 2.75) is 43.5 Å². The van der Waals surface area contributed by atoms with Crippen molar-refractivity contribution in [1.82, 2.24) is 4.90 Å². The van der Waals surface area contributed by atoms with Gasteiger partial charge in [0.1, 0.15) is 0 Å². The van der Waals surface area contributed by atoms with Gasteiger partial charge in [-0.25, -0.2) is 0 Å². The maximum absolute atomic E-state index is 11.8. The van der Waals surface area contributed by atoms with E-state index in [-0.39, 0.29) is 17.3 Å². The average molecular weight is 264 g/mol. The van der Waals surface area contributed by atoms with Crippen LogP contribution < -0.4 is 0 Å². The number of halogens is 1. The van der Waals surface area contributed by atoms with Crippen LogP contribution in [0.15, 0.2) is 0 Å². The zero-order chi connectivity index (χ0) is 10.6. The van der Waals surface area contributed by atoms with Crippen molar-refractivity contribution in [2.75, 3.05) is 13.2 Å². The molecule has 0 heterocycles. The summed E-state index contributed by atoms with van der Waals surface area (Å²) in [5.74, 6) is 0.103. The van der Waals surface area contributed by atoms with E-state index in [2.05, 4.69) is 15.9 Å². The van der Waals surface area contributed by atoms with Gasteiger partial charge in [-0.1, -0.05) is 28.8 Å². The Labute approximate surface area is 93.6 Å². The summed E-state index contributed by atoms with van der Waals surface area (Å²) in [4.78, 5) is 13.5. The van der Waals surface area contributed by atoms with Crippen molar-refractivity contribution in [3.8, 4) is 0 Å². The van der Waals surface area contributed by atoms with Gasteiger partial charge in [0.2, 0.25) is 5.91 Å². The molecular weight excluding hydrogens is 246 g/mol. The van der Waals surface area contributed by atoms with Gasteiger partial charge in [0.25, 0.3) is 0 Å². The fourth-order valence-corrected chi connectivity index (χ4v) is 2.29. The van der Waals surface area contributed by atoms with Gasteiger partial charge in [-0.05, 0) is 19.8 Å². The van der Waals surface area contributed by atoms with E-state index in [1.54, 1.807) is 0 Å². The highest BCUT2D eigenvalue weighted by Crippen LogP contribution is 2.24. The highest BCUT2D eigenvalue weighted by Gasteiger charge is 2.27. The van der Waals surface area contributed by atoms with E-state index in [1.807, 2.05) is 11.8 Å². The first-order chi connectivity index (χ1) is 6.66. The van der Waals surface area contributed by atoms with Gasteiger partial charge in [-0.2, -0.15) is 0 Å². The number of carbonyl (C=O) groups excluding carboxylic acids is 1. The van der Waals surface area contributed by atoms with E-state index in [1.165, 1.54) is 12.8 Å². The highest BCUT2D eigenvalue weighted by molar-refractivity contribution is 9.10. The van der Waals surface area contributed by atoms with Gasteiger partial charge >= 0.3 is 0 Å². The molecule has 1 atom stereocenters. The van der Waals surface area contributed by atoms with E-state index in [0.717, 1.165) is 12.8 Å². The first-order valence-corrected chi connectivity index (χ1v) is 6.13. The molecule has 0 saturated heterocycles. The molecule has 4 heteroatoms. The summed E-state index contributed by atoms with van der Waals surface area (Å²) >= 11 is 3.28. The number of hydrogen-bond donors (Lipinski definition) is 1. The van der Waals surface area contributed by atoms with Crippen LogP contribution in [0, 0.1) is 0 Å². The van der Waals surface area contributed by atoms with Gasteiger partial charge in [0, 0.05) is 12.6 Å². The predicted octanol–water partition coefficient (Wildman–Crippen LogP) is 1.53. The molecule has 14 heavy (non-hydrogen) atoms. The fraction of sp³-hybridized carbons (Fsp3) is 0.900. The summed E-state index contributed by atoms with van der Waals surface area (Å²) in [6.07, 6.45) is 4.59. The molecule has 0 aromatic rings. The lowest BCUT2D eigenvalue weighted by Gasteiger charge is -2.29. The first-order valence-electron chi connectivity index (χ1n) is 5.22. The van der Waals surface area contributed by atoms with Crippen molar-refractivity contribution < 1.29 is 9.90 Å². The molecule has 3 nitrogen and oxygen atoms in total.